The average molecular weight is 317 g/mol. The number of hydrogen-bond acceptors (Lipinski definition) is 5. The molecular weight excluding hydrogens is 298 g/mol. The lowest BCUT2D eigenvalue weighted by atomic mass is 10.2. The van der Waals surface area contributed by atoms with Crippen LogP contribution in [0.2, 0.25) is 0 Å². The van der Waals surface area contributed by atoms with Crippen molar-refractivity contribution < 1.29 is 18.8 Å². The largest absolute Gasteiger partial charge is 0.462 e. The first kappa shape index (κ1) is 16.5. The topological polar surface area (TPSA) is 93.5 Å². The van der Waals surface area contributed by atoms with Crippen LogP contribution < -0.4 is 10.6 Å². The zero-order chi connectivity index (χ0) is 16.7. The summed E-state index contributed by atoms with van der Waals surface area (Å²) >= 11 is 0. The summed E-state index contributed by atoms with van der Waals surface area (Å²) in [5.41, 5.74) is 0.668. The smallest absolute Gasteiger partial charge is 0.340 e. The van der Waals surface area contributed by atoms with Crippen LogP contribution in [0.3, 0.4) is 0 Å². The Balaban J connectivity index is 2.01. The number of urea groups is 1. The van der Waals surface area contributed by atoms with Crippen molar-refractivity contribution in [2.45, 2.75) is 26.7 Å². The van der Waals surface area contributed by atoms with Gasteiger partial charge in [-0.2, -0.15) is 0 Å². The number of unbranched alkanes of at least 4 members (excludes halogenated alkanes) is 1. The van der Waals surface area contributed by atoms with E-state index in [1.54, 1.807) is 37.3 Å². The number of nitrogens with zero attached hydrogens (tertiary/aromatic N) is 1. The van der Waals surface area contributed by atoms with E-state index in [1.165, 1.54) is 0 Å². The molecule has 2 aromatic rings. The second-order valence-corrected chi connectivity index (χ2v) is 4.94. The zero-order valence-corrected chi connectivity index (χ0v) is 13.1. The van der Waals surface area contributed by atoms with Crippen LogP contribution in [0.1, 0.15) is 35.9 Å². The van der Waals surface area contributed by atoms with Gasteiger partial charge >= 0.3 is 12.0 Å². The quantitative estimate of drug-likeness (QED) is 0.627. The summed E-state index contributed by atoms with van der Waals surface area (Å²) in [6.07, 6.45) is 1.74. The minimum Gasteiger partial charge on any atom is -0.462 e. The lowest BCUT2D eigenvalue weighted by Crippen LogP contribution is -2.21. The highest BCUT2D eigenvalue weighted by molar-refractivity contribution is 6.04. The van der Waals surface area contributed by atoms with Crippen molar-refractivity contribution in [3.8, 4) is 0 Å². The van der Waals surface area contributed by atoms with Crippen molar-refractivity contribution in [1.82, 2.24) is 5.16 Å². The number of carbonyl (C=O) groups is 2. The maximum atomic E-state index is 12.1. The molecule has 1 aromatic carbocycles. The number of hydrogen-bond donors (Lipinski definition) is 2. The number of carbonyl (C=O) groups excluding carboxylic acids is 2. The molecule has 2 rings (SSSR count). The minimum atomic E-state index is -0.521. The highest BCUT2D eigenvalue weighted by Crippen LogP contribution is 2.17. The van der Waals surface area contributed by atoms with Crippen molar-refractivity contribution in [2.75, 3.05) is 17.2 Å². The Morgan fingerprint density at radius 2 is 2.04 bits per heavy atom. The number of aromatic nitrogens is 1. The molecule has 2 N–H and O–H groups in total. The Labute approximate surface area is 134 Å². The highest BCUT2D eigenvalue weighted by Gasteiger charge is 2.14. The van der Waals surface area contributed by atoms with Crippen LogP contribution in [0.25, 0.3) is 0 Å². The summed E-state index contributed by atoms with van der Waals surface area (Å²) in [5.74, 6) is 0.412. The number of nitrogens with one attached hydrogen (secondary N) is 2. The van der Waals surface area contributed by atoms with Gasteiger partial charge in [-0.3, -0.25) is 5.32 Å². The van der Waals surface area contributed by atoms with Gasteiger partial charge in [-0.05, 0) is 25.5 Å². The van der Waals surface area contributed by atoms with E-state index in [-0.39, 0.29) is 0 Å². The number of anilines is 2. The molecule has 0 unspecified atom stereocenters. The van der Waals surface area contributed by atoms with Crippen molar-refractivity contribution >= 4 is 23.5 Å². The van der Waals surface area contributed by atoms with E-state index in [0.717, 1.165) is 12.8 Å². The number of benzene rings is 1. The minimum absolute atomic E-state index is 0.294. The van der Waals surface area contributed by atoms with Crippen LogP contribution in [-0.4, -0.2) is 23.8 Å². The fraction of sp³-hybridized carbons (Fsp3) is 0.312. The number of para-hydroxylation sites is 1. The lowest BCUT2D eigenvalue weighted by molar-refractivity contribution is 0.0501. The van der Waals surface area contributed by atoms with Crippen molar-refractivity contribution in [3.63, 3.8) is 0 Å². The first-order chi connectivity index (χ1) is 11.1. The molecule has 0 aliphatic carbocycles. The Morgan fingerprint density at radius 3 is 2.74 bits per heavy atom. The molecule has 0 spiro atoms. The summed E-state index contributed by atoms with van der Waals surface area (Å²) in [4.78, 5) is 24.0. The highest BCUT2D eigenvalue weighted by atomic mass is 16.5. The van der Waals surface area contributed by atoms with E-state index < -0.39 is 12.0 Å². The molecule has 0 atom stereocenters. The van der Waals surface area contributed by atoms with E-state index in [2.05, 4.69) is 15.8 Å². The van der Waals surface area contributed by atoms with E-state index in [4.69, 9.17) is 9.26 Å². The van der Waals surface area contributed by atoms with E-state index >= 15 is 0 Å². The van der Waals surface area contributed by atoms with Crippen molar-refractivity contribution in [2.24, 2.45) is 0 Å². The monoisotopic (exact) mass is 317 g/mol. The van der Waals surface area contributed by atoms with Crippen LogP contribution in [0.4, 0.5) is 16.3 Å². The van der Waals surface area contributed by atoms with E-state index in [9.17, 15) is 9.59 Å². The molecule has 122 valence electrons. The third-order valence-electron chi connectivity index (χ3n) is 3.00. The molecule has 1 heterocycles. The van der Waals surface area contributed by atoms with Crippen LogP contribution in [0.15, 0.2) is 34.9 Å². The maximum absolute atomic E-state index is 12.1. The Bertz CT molecular complexity index is 681. The molecule has 0 fully saturated rings. The Morgan fingerprint density at radius 1 is 1.26 bits per heavy atom. The molecule has 0 saturated carbocycles. The van der Waals surface area contributed by atoms with Crippen LogP contribution in [0.5, 0.6) is 0 Å². The molecule has 0 aliphatic heterocycles. The predicted molar refractivity (Wildman–Crippen MR) is 85.5 cm³/mol. The molecule has 7 nitrogen and oxygen atoms in total. The SMILES string of the molecule is CCCCOC(=O)c1ccccc1NC(=O)Nc1cc(C)on1. The van der Waals surface area contributed by atoms with Crippen LogP contribution in [-0.2, 0) is 4.74 Å². The third kappa shape index (κ3) is 4.84. The van der Waals surface area contributed by atoms with Crippen molar-refractivity contribution in [3.05, 3.63) is 41.7 Å². The zero-order valence-electron chi connectivity index (χ0n) is 13.1. The Kier molecular flexibility index (Phi) is 5.74. The van der Waals surface area contributed by atoms with Gasteiger partial charge in [0.1, 0.15) is 5.76 Å². The average Bonchev–Trinajstić information content (AvgIpc) is 2.92. The second kappa shape index (κ2) is 7.98. The fourth-order valence-electron chi connectivity index (χ4n) is 1.85. The first-order valence-corrected chi connectivity index (χ1v) is 7.37. The summed E-state index contributed by atoms with van der Waals surface area (Å²) < 4.78 is 10.0. The summed E-state index contributed by atoms with van der Waals surface area (Å²) in [6.45, 7) is 4.09. The molecule has 1 aromatic heterocycles. The van der Waals surface area contributed by atoms with E-state index in [1.807, 2.05) is 6.92 Å². The number of ether oxygens (including phenoxy) is 1. The standard InChI is InChI=1S/C16H19N3O4/c1-3-4-9-22-15(20)12-7-5-6-8-13(12)17-16(21)18-14-10-11(2)23-19-14/h5-8,10H,3-4,9H2,1-2H3,(H2,17,18,19,21). The summed E-state index contributed by atoms with van der Waals surface area (Å²) in [6, 6.07) is 7.73. The van der Waals surface area contributed by atoms with Gasteiger partial charge in [0.25, 0.3) is 0 Å². The Hall–Kier alpha value is -2.83. The van der Waals surface area contributed by atoms with Gasteiger partial charge in [0.05, 0.1) is 17.9 Å². The number of amides is 2. The third-order valence-corrected chi connectivity index (χ3v) is 3.00. The van der Waals surface area contributed by atoms with Gasteiger partial charge in [-0.1, -0.05) is 30.6 Å². The van der Waals surface area contributed by atoms with Gasteiger partial charge in [0.15, 0.2) is 5.82 Å². The predicted octanol–water partition coefficient (Wildman–Crippen LogP) is 3.58. The molecular formula is C16H19N3O4. The number of rotatable bonds is 6. The second-order valence-electron chi connectivity index (χ2n) is 4.94. The molecule has 0 radical (unpaired) electrons. The number of esters is 1. The summed E-state index contributed by atoms with van der Waals surface area (Å²) in [7, 11) is 0. The van der Waals surface area contributed by atoms with Gasteiger partial charge in [-0.15, -0.1) is 0 Å². The first-order valence-electron chi connectivity index (χ1n) is 7.37. The van der Waals surface area contributed by atoms with Gasteiger partial charge in [0, 0.05) is 6.07 Å². The normalized spacial score (nSPS) is 10.2. The van der Waals surface area contributed by atoms with Crippen LogP contribution in [0, 0.1) is 6.92 Å². The maximum Gasteiger partial charge on any atom is 0.340 e. The lowest BCUT2D eigenvalue weighted by Gasteiger charge is -2.10. The molecule has 2 amide bonds. The molecule has 0 aliphatic rings. The molecule has 23 heavy (non-hydrogen) atoms. The van der Waals surface area contributed by atoms with Gasteiger partial charge in [0.2, 0.25) is 0 Å². The van der Waals surface area contributed by atoms with Gasteiger partial charge < -0.3 is 14.6 Å². The molecule has 7 heteroatoms. The van der Waals surface area contributed by atoms with Crippen molar-refractivity contribution in [1.29, 1.82) is 0 Å². The van der Waals surface area contributed by atoms with Crippen LogP contribution >= 0.6 is 0 Å². The van der Waals surface area contributed by atoms with E-state index in [0.29, 0.717) is 29.4 Å². The number of aryl methyl sites for hydroxylation is 1. The summed E-state index contributed by atoms with van der Waals surface area (Å²) in [5, 5.41) is 8.80. The molecule has 0 bridgehead atoms. The fourth-order valence-corrected chi connectivity index (χ4v) is 1.85. The molecule has 0 saturated heterocycles. The van der Waals surface area contributed by atoms with Gasteiger partial charge in [-0.25, -0.2) is 9.59 Å².